The van der Waals surface area contributed by atoms with E-state index in [1.807, 2.05) is 18.2 Å². The van der Waals surface area contributed by atoms with Crippen molar-refractivity contribution < 1.29 is 22.7 Å². The Kier molecular flexibility index (Phi) is 5.06. The lowest BCUT2D eigenvalue weighted by Gasteiger charge is -2.17. The normalized spacial score (nSPS) is 13.5. The summed E-state index contributed by atoms with van der Waals surface area (Å²) in [6, 6.07) is 10.2. The number of alkyl halides is 3. The predicted octanol–water partition coefficient (Wildman–Crippen LogP) is 4.11. The number of rotatable bonds is 5. The largest absolute Gasteiger partial charge is 0.484 e. The van der Waals surface area contributed by atoms with Crippen LogP contribution in [0.3, 0.4) is 0 Å². The number of benzene rings is 2. The molecule has 0 atom stereocenters. The Morgan fingerprint density at radius 2 is 2.04 bits per heavy atom. The molecule has 4 nitrogen and oxygen atoms in total. The Morgan fingerprint density at radius 1 is 1.23 bits per heavy atom. The Hall–Kier alpha value is -2.70. The van der Waals surface area contributed by atoms with Crippen molar-refractivity contribution in [2.45, 2.75) is 19.5 Å². The quantitative estimate of drug-likeness (QED) is 0.868. The first-order valence-electron chi connectivity index (χ1n) is 8.34. The summed E-state index contributed by atoms with van der Waals surface area (Å²) in [6.45, 7) is 3.56. The van der Waals surface area contributed by atoms with Gasteiger partial charge in [0, 0.05) is 24.5 Å². The molecule has 1 heterocycles. The van der Waals surface area contributed by atoms with Crippen LogP contribution in [0.15, 0.2) is 42.5 Å². The van der Waals surface area contributed by atoms with E-state index < -0.39 is 17.6 Å². The van der Waals surface area contributed by atoms with E-state index in [9.17, 15) is 18.0 Å². The molecular formula is C19H19F3N2O2. The maximum Gasteiger partial charge on any atom is 0.416 e. The van der Waals surface area contributed by atoms with Crippen LogP contribution in [0.25, 0.3) is 0 Å². The van der Waals surface area contributed by atoms with Crippen LogP contribution in [0.5, 0.6) is 5.75 Å². The lowest BCUT2D eigenvalue weighted by atomic mass is 10.1. The maximum absolute atomic E-state index is 12.7. The van der Waals surface area contributed by atoms with Crippen molar-refractivity contribution >= 4 is 17.3 Å². The van der Waals surface area contributed by atoms with E-state index in [2.05, 4.69) is 17.1 Å². The minimum Gasteiger partial charge on any atom is -0.484 e. The van der Waals surface area contributed by atoms with Gasteiger partial charge in [-0.05, 0) is 49.2 Å². The first-order chi connectivity index (χ1) is 12.4. The third kappa shape index (κ3) is 4.09. The average Bonchev–Trinajstić information content (AvgIpc) is 3.02. The Balaban J connectivity index is 1.60. The minimum absolute atomic E-state index is 0.00101. The SMILES string of the molecule is CCN1CCc2ccc(NC(=O)COc3cccc(C(F)(F)F)c3)cc21. The van der Waals surface area contributed by atoms with Gasteiger partial charge in [0.1, 0.15) is 5.75 Å². The molecule has 1 N–H and O–H groups in total. The summed E-state index contributed by atoms with van der Waals surface area (Å²) in [5.41, 5.74) is 2.17. The van der Waals surface area contributed by atoms with Crippen molar-refractivity contribution in [2.75, 3.05) is 29.9 Å². The first kappa shape index (κ1) is 18.1. The van der Waals surface area contributed by atoms with Gasteiger partial charge in [-0.25, -0.2) is 0 Å². The summed E-state index contributed by atoms with van der Waals surface area (Å²) in [5.74, 6) is -0.426. The molecule has 1 aliphatic heterocycles. The van der Waals surface area contributed by atoms with Gasteiger partial charge in [0.15, 0.2) is 6.61 Å². The van der Waals surface area contributed by atoms with Crippen LogP contribution in [0.1, 0.15) is 18.1 Å². The zero-order chi connectivity index (χ0) is 18.7. The molecule has 0 bridgehead atoms. The lowest BCUT2D eigenvalue weighted by molar-refractivity contribution is -0.137. The molecule has 0 saturated carbocycles. The third-order valence-corrected chi connectivity index (χ3v) is 4.27. The molecule has 0 aliphatic carbocycles. The van der Waals surface area contributed by atoms with E-state index in [-0.39, 0.29) is 12.4 Å². The van der Waals surface area contributed by atoms with Crippen LogP contribution in [0, 0.1) is 0 Å². The number of halogens is 3. The van der Waals surface area contributed by atoms with Crippen LogP contribution in [-0.2, 0) is 17.4 Å². The highest BCUT2D eigenvalue weighted by Crippen LogP contribution is 2.32. The van der Waals surface area contributed by atoms with Gasteiger partial charge < -0.3 is 15.0 Å². The number of fused-ring (bicyclic) bond motifs is 1. The molecule has 0 fully saturated rings. The molecule has 7 heteroatoms. The van der Waals surface area contributed by atoms with Gasteiger partial charge in [0.25, 0.3) is 5.91 Å². The summed E-state index contributed by atoms with van der Waals surface area (Å²) in [5, 5.41) is 2.72. The average molecular weight is 364 g/mol. The van der Waals surface area contributed by atoms with Crippen molar-refractivity contribution in [3.05, 3.63) is 53.6 Å². The molecule has 1 amide bonds. The van der Waals surface area contributed by atoms with Gasteiger partial charge in [0.2, 0.25) is 0 Å². The second-order valence-corrected chi connectivity index (χ2v) is 6.04. The molecule has 0 radical (unpaired) electrons. The van der Waals surface area contributed by atoms with Gasteiger partial charge in [0.05, 0.1) is 5.56 Å². The van der Waals surface area contributed by atoms with Crippen LogP contribution in [0.2, 0.25) is 0 Å². The molecule has 26 heavy (non-hydrogen) atoms. The zero-order valence-corrected chi connectivity index (χ0v) is 14.3. The van der Waals surface area contributed by atoms with Crippen molar-refractivity contribution in [1.82, 2.24) is 0 Å². The van der Waals surface area contributed by atoms with Crippen LogP contribution in [0.4, 0.5) is 24.5 Å². The Morgan fingerprint density at radius 3 is 2.77 bits per heavy atom. The molecule has 1 aliphatic rings. The second-order valence-electron chi connectivity index (χ2n) is 6.04. The monoisotopic (exact) mass is 364 g/mol. The fourth-order valence-electron chi connectivity index (χ4n) is 2.96. The molecule has 3 rings (SSSR count). The Bertz CT molecular complexity index is 806. The number of nitrogens with zero attached hydrogens (tertiary/aromatic N) is 1. The topological polar surface area (TPSA) is 41.6 Å². The minimum atomic E-state index is -4.45. The number of ether oxygens (including phenoxy) is 1. The highest BCUT2D eigenvalue weighted by Gasteiger charge is 2.30. The van der Waals surface area contributed by atoms with Crippen molar-refractivity contribution in [3.8, 4) is 5.75 Å². The number of hydrogen-bond donors (Lipinski definition) is 1. The van der Waals surface area contributed by atoms with Crippen molar-refractivity contribution in [1.29, 1.82) is 0 Å². The summed E-state index contributed by atoms with van der Waals surface area (Å²) in [4.78, 5) is 14.3. The van der Waals surface area contributed by atoms with Crippen molar-refractivity contribution in [3.63, 3.8) is 0 Å². The summed E-state index contributed by atoms with van der Waals surface area (Å²) in [7, 11) is 0. The molecule has 0 aromatic heterocycles. The summed E-state index contributed by atoms with van der Waals surface area (Å²) in [6.07, 6.45) is -3.47. The lowest BCUT2D eigenvalue weighted by Crippen LogP contribution is -2.21. The number of carbonyl (C=O) groups is 1. The highest BCUT2D eigenvalue weighted by atomic mass is 19.4. The third-order valence-electron chi connectivity index (χ3n) is 4.27. The van der Waals surface area contributed by atoms with Gasteiger partial charge in [-0.15, -0.1) is 0 Å². The van der Waals surface area contributed by atoms with Gasteiger partial charge in [-0.3, -0.25) is 4.79 Å². The smallest absolute Gasteiger partial charge is 0.416 e. The maximum atomic E-state index is 12.7. The number of hydrogen-bond acceptors (Lipinski definition) is 3. The van der Waals surface area contributed by atoms with Crippen LogP contribution >= 0.6 is 0 Å². The zero-order valence-electron chi connectivity index (χ0n) is 14.3. The number of carbonyl (C=O) groups excluding carboxylic acids is 1. The predicted molar refractivity (Wildman–Crippen MR) is 93.6 cm³/mol. The van der Waals surface area contributed by atoms with E-state index in [0.717, 1.165) is 37.3 Å². The highest BCUT2D eigenvalue weighted by molar-refractivity contribution is 5.92. The number of anilines is 2. The second kappa shape index (κ2) is 7.27. The standard InChI is InChI=1S/C19H19F3N2O2/c1-2-24-9-8-13-6-7-15(11-17(13)24)23-18(25)12-26-16-5-3-4-14(10-16)19(20,21)22/h3-7,10-11H,2,8-9,12H2,1H3,(H,23,25). The number of amides is 1. The molecule has 0 spiro atoms. The molecule has 2 aromatic carbocycles. The molecule has 0 unspecified atom stereocenters. The number of nitrogens with one attached hydrogen (secondary N) is 1. The van der Waals surface area contributed by atoms with Gasteiger partial charge in [-0.1, -0.05) is 12.1 Å². The first-order valence-corrected chi connectivity index (χ1v) is 8.34. The van der Waals surface area contributed by atoms with Gasteiger partial charge >= 0.3 is 6.18 Å². The molecular weight excluding hydrogens is 345 g/mol. The fraction of sp³-hybridized carbons (Fsp3) is 0.316. The van der Waals surface area contributed by atoms with E-state index in [0.29, 0.717) is 5.69 Å². The molecule has 2 aromatic rings. The summed E-state index contributed by atoms with van der Waals surface area (Å²) >= 11 is 0. The van der Waals surface area contributed by atoms with E-state index in [1.165, 1.54) is 17.7 Å². The van der Waals surface area contributed by atoms with Gasteiger partial charge in [-0.2, -0.15) is 13.2 Å². The summed E-state index contributed by atoms with van der Waals surface area (Å²) < 4.78 is 43.2. The van der Waals surface area contributed by atoms with Crippen LogP contribution in [-0.4, -0.2) is 25.6 Å². The number of likely N-dealkylation sites (N-methyl/N-ethyl adjacent to an activating group) is 1. The Labute approximate surface area is 149 Å². The van der Waals surface area contributed by atoms with Crippen molar-refractivity contribution in [2.24, 2.45) is 0 Å². The van der Waals surface area contributed by atoms with E-state index >= 15 is 0 Å². The van der Waals surface area contributed by atoms with E-state index in [1.54, 1.807) is 0 Å². The fourth-order valence-corrected chi connectivity index (χ4v) is 2.96. The molecule has 138 valence electrons. The van der Waals surface area contributed by atoms with Crippen LogP contribution < -0.4 is 15.0 Å². The van der Waals surface area contributed by atoms with E-state index in [4.69, 9.17) is 4.74 Å². The molecule has 0 saturated heterocycles.